The molecule has 0 amide bonds. The van der Waals surface area contributed by atoms with Crippen molar-refractivity contribution < 1.29 is 0 Å². The molecule has 4 saturated heterocycles. The largest absolute Gasteiger partial charge is 0.332 e. The van der Waals surface area contributed by atoms with Crippen molar-refractivity contribution >= 4 is 37.6 Å². The average molecular weight is 591 g/mol. The highest BCUT2D eigenvalue weighted by Gasteiger charge is 2.63. The Balaban J connectivity index is 1.20. The summed E-state index contributed by atoms with van der Waals surface area (Å²) in [6.07, 6.45) is 9.45. The minimum Gasteiger partial charge on any atom is -0.332 e. The predicted molar refractivity (Wildman–Crippen MR) is 176 cm³/mol. The molecule has 43 heavy (non-hydrogen) atoms. The monoisotopic (exact) mass is 590 g/mol. The zero-order chi connectivity index (χ0) is 28.1. The van der Waals surface area contributed by atoms with Gasteiger partial charge in [-0.1, -0.05) is 55.0 Å². The molecule has 0 spiro atoms. The van der Waals surface area contributed by atoms with Crippen molar-refractivity contribution in [2.75, 3.05) is 31.1 Å². The molecule has 2 aromatic carbocycles. The van der Waals surface area contributed by atoms with E-state index < -0.39 is 0 Å². The van der Waals surface area contributed by atoms with Crippen LogP contribution in [-0.2, 0) is 0 Å². The normalized spacial score (nSPS) is 37.1. The average Bonchev–Trinajstić information content (AvgIpc) is 3.57. The van der Waals surface area contributed by atoms with E-state index in [-0.39, 0.29) is 0 Å². The molecule has 9 unspecified atom stereocenters. The molecule has 7 heteroatoms. The van der Waals surface area contributed by atoms with Crippen LogP contribution in [0.3, 0.4) is 0 Å². The summed E-state index contributed by atoms with van der Waals surface area (Å²) in [6, 6.07) is 22.7. The Bertz CT molecular complexity index is 1660. The van der Waals surface area contributed by atoms with Crippen LogP contribution in [0.5, 0.6) is 0 Å². The Kier molecular flexibility index (Phi) is 5.96. The second kappa shape index (κ2) is 9.96. The maximum absolute atomic E-state index is 5.62. The number of rotatable bonds is 2. The number of hydrogen-bond acceptors (Lipinski definition) is 7. The zero-order valence-corrected chi connectivity index (χ0v) is 25.7. The summed E-state index contributed by atoms with van der Waals surface area (Å²) in [5.41, 5.74) is 3.45. The minimum atomic E-state index is 0.406. The topological polar surface area (TPSA) is 56.3 Å². The van der Waals surface area contributed by atoms with E-state index in [9.17, 15) is 0 Å². The van der Waals surface area contributed by atoms with E-state index in [1.54, 1.807) is 0 Å². The lowest BCUT2D eigenvalue weighted by molar-refractivity contribution is 0.0120. The fourth-order valence-corrected chi connectivity index (χ4v) is 12.2. The lowest BCUT2D eigenvalue weighted by atomic mass is 9.61. The third kappa shape index (κ3) is 3.74. The van der Waals surface area contributed by atoms with Crippen LogP contribution in [0.1, 0.15) is 44.9 Å². The Morgan fingerprint density at radius 3 is 2.49 bits per heavy atom. The number of hydrogen-bond donors (Lipinski definition) is 2. The summed E-state index contributed by atoms with van der Waals surface area (Å²) in [7, 11) is 0. The van der Waals surface area contributed by atoms with Crippen molar-refractivity contribution in [3.05, 3.63) is 54.6 Å². The van der Waals surface area contributed by atoms with Crippen LogP contribution in [0.2, 0.25) is 0 Å². The first-order valence-corrected chi connectivity index (χ1v) is 17.9. The SMILES string of the molecule is c1ccc(-c2nc(N3C4CCCC5CCC6C7CNCCC7N(C7CCNCC73)C6C54)nc3c2sc2ccccc23)cc1. The molecule has 10 rings (SSSR count). The Labute approximate surface area is 258 Å². The van der Waals surface area contributed by atoms with Crippen LogP contribution in [-0.4, -0.2) is 71.3 Å². The van der Waals surface area contributed by atoms with E-state index in [1.165, 1.54) is 78.4 Å². The predicted octanol–water partition coefficient (Wildman–Crippen LogP) is 5.92. The molecule has 6 aliphatic rings. The zero-order valence-electron chi connectivity index (χ0n) is 24.9. The summed E-state index contributed by atoms with van der Waals surface area (Å²) in [6.45, 7) is 4.57. The maximum atomic E-state index is 5.62. The van der Waals surface area contributed by atoms with Gasteiger partial charge < -0.3 is 15.5 Å². The van der Waals surface area contributed by atoms with Gasteiger partial charge in [0.15, 0.2) is 0 Å². The van der Waals surface area contributed by atoms with E-state index in [1.807, 2.05) is 11.3 Å². The number of anilines is 1. The van der Waals surface area contributed by atoms with Crippen molar-refractivity contribution in [2.24, 2.45) is 23.7 Å². The molecule has 2 aliphatic carbocycles. The number of thiophene rings is 1. The molecule has 6 heterocycles. The molecule has 4 aliphatic heterocycles. The third-order valence-electron chi connectivity index (χ3n) is 12.5. The van der Waals surface area contributed by atoms with Gasteiger partial charge in [-0.25, -0.2) is 9.97 Å². The van der Waals surface area contributed by atoms with Crippen LogP contribution in [0.4, 0.5) is 5.95 Å². The first-order chi connectivity index (χ1) is 21.3. The van der Waals surface area contributed by atoms with Crippen LogP contribution in [0.15, 0.2) is 54.6 Å². The molecule has 0 bridgehead atoms. The molecular formula is C36H42N6S. The highest BCUT2D eigenvalue weighted by atomic mass is 32.1. The number of benzene rings is 2. The highest BCUT2D eigenvalue weighted by molar-refractivity contribution is 7.26. The van der Waals surface area contributed by atoms with Gasteiger partial charge in [-0.2, -0.15) is 0 Å². The second-order valence-corrected chi connectivity index (χ2v) is 15.3. The maximum Gasteiger partial charge on any atom is 0.227 e. The summed E-state index contributed by atoms with van der Waals surface area (Å²) in [4.78, 5) is 17.2. The molecule has 222 valence electrons. The fourth-order valence-electron chi connectivity index (χ4n) is 11.1. The van der Waals surface area contributed by atoms with Crippen LogP contribution < -0.4 is 15.5 Å². The van der Waals surface area contributed by atoms with Gasteiger partial charge in [0.2, 0.25) is 5.95 Å². The van der Waals surface area contributed by atoms with Gasteiger partial charge in [-0.05, 0) is 87.9 Å². The van der Waals surface area contributed by atoms with Gasteiger partial charge in [0.1, 0.15) is 0 Å². The molecule has 6 fully saturated rings. The molecule has 4 aromatic rings. The third-order valence-corrected chi connectivity index (χ3v) is 13.7. The van der Waals surface area contributed by atoms with Gasteiger partial charge in [-0.15, -0.1) is 11.3 Å². The summed E-state index contributed by atoms with van der Waals surface area (Å²) in [5, 5.41) is 8.97. The molecule has 0 radical (unpaired) electrons. The highest BCUT2D eigenvalue weighted by Crippen LogP contribution is 2.57. The van der Waals surface area contributed by atoms with Crippen molar-refractivity contribution in [3.63, 3.8) is 0 Å². The second-order valence-electron chi connectivity index (χ2n) is 14.3. The lowest BCUT2D eigenvalue weighted by Crippen LogP contribution is -2.62. The smallest absolute Gasteiger partial charge is 0.227 e. The van der Waals surface area contributed by atoms with Crippen molar-refractivity contribution in [1.29, 1.82) is 0 Å². The Morgan fingerprint density at radius 2 is 1.56 bits per heavy atom. The van der Waals surface area contributed by atoms with Gasteiger partial charge in [0.25, 0.3) is 0 Å². The fraction of sp³-hybridized carbons (Fsp3) is 0.556. The van der Waals surface area contributed by atoms with E-state index in [0.29, 0.717) is 18.1 Å². The van der Waals surface area contributed by atoms with Gasteiger partial charge >= 0.3 is 0 Å². The number of aromatic nitrogens is 2. The van der Waals surface area contributed by atoms with Gasteiger partial charge in [0, 0.05) is 46.4 Å². The van der Waals surface area contributed by atoms with Crippen LogP contribution in [0, 0.1) is 23.7 Å². The molecular weight excluding hydrogens is 549 g/mol. The number of piperidine rings is 2. The van der Waals surface area contributed by atoms with Crippen LogP contribution >= 0.6 is 11.3 Å². The number of nitrogens with zero attached hydrogens (tertiary/aromatic N) is 4. The van der Waals surface area contributed by atoms with E-state index in [2.05, 4.69) is 75.0 Å². The van der Waals surface area contributed by atoms with Crippen LogP contribution in [0.25, 0.3) is 31.6 Å². The quantitative estimate of drug-likeness (QED) is 0.302. The standard InChI is InChI=1S/C36H42N6S/c1-2-7-22(8-3-1)32-35-33(24-10-4-5-12-30(24)43-35)40-36(39-32)42-28-11-6-9-21-13-14-23-25-19-37-17-15-26(25)41(34(23)31(21)28)27-16-18-38-20-29(27)42/h1-5,7-8,10,12,21,23,25-29,31,34,37-38H,6,9,11,13-20H2. The summed E-state index contributed by atoms with van der Waals surface area (Å²) < 4.78 is 2.53. The van der Waals surface area contributed by atoms with Crippen molar-refractivity contribution in [1.82, 2.24) is 25.5 Å². The molecule has 2 saturated carbocycles. The number of fused-ring (bicyclic) bond motifs is 8. The molecule has 6 nitrogen and oxygen atoms in total. The first kappa shape index (κ1) is 25.7. The van der Waals surface area contributed by atoms with Gasteiger partial charge in [0.05, 0.1) is 22.0 Å². The summed E-state index contributed by atoms with van der Waals surface area (Å²) in [5.74, 6) is 4.23. The van der Waals surface area contributed by atoms with Crippen molar-refractivity contribution in [2.45, 2.75) is 75.2 Å². The van der Waals surface area contributed by atoms with E-state index in [4.69, 9.17) is 9.97 Å². The molecule has 9 atom stereocenters. The lowest BCUT2D eigenvalue weighted by Gasteiger charge is -2.51. The van der Waals surface area contributed by atoms with E-state index in [0.717, 1.165) is 66.0 Å². The molecule has 2 aromatic heterocycles. The van der Waals surface area contributed by atoms with Crippen molar-refractivity contribution in [3.8, 4) is 11.3 Å². The number of nitrogens with one attached hydrogen (secondary N) is 2. The van der Waals surface area contributed by atoms with Gasteiger partial charge in [-0.3, -0.25) is 4.90 Å². The Hall–Kier alpha value is -2.58. The minimum absolute atomic E-state index is 0.406. The Morgan fingerprint density at radius 1 is 0.721 bits per heavy atom. The van der Waals surface area contributed by atoms with E-state index >= 15 is 0 Å². The summed E-state index contributed by atoms with van der Waals surface area (Å²) >= 11 is 1.85. The first-order valence-electron chi connectivity index (χ1n) is 17.1. The molecule has 2 N–H and O–H groups in total.